The lowest BCUT2D eigenvalue weighted by Crippen LogP contribution is -2.40. The standard InChI is InChI=1S/C43H87NO4/c1-3-5-7-9-11-13-15-17-18-19-20-21-22-23-25-27-29-31-33-35-39-48-41-42(46)40-44(37-38-45)43(47)36-34-32-30-28-26-24-16-14-12-10-8-6-4-2/h42,45-46H,3-41H2,1-2H3. The molecular formula is C43H87NO4. The number of nitrogens with zero attached hydrogens (tertiary/aromatic N) is 1. The number of unbranched alkanes of at least 4 members (excludes halogenated alkanes) is 31. The van der Waals surface area contributed by atoms with Crippen molar-refractivity contribution in [2.75, 3.05) is 32.9 Å². The highest BCUT2D eigenvalue weighted by molar-refractivity contribution is 5.76. The molecule has 1 amide bonds. The van der Waals surface area contributed by atoms with E-state index in [1.165, 1.54) is 193 Å². The van der Waals surface area contributed by atoms with Crippen molar-refractivity contribution < 1.29 is 19.7 Å². The second kappa shape index (κ2) is 40.8. The van der Waals surface area contributed by atoms with Gasteiger partial charge in [-0.05, 0) is 12.8 Å². The predicted octanol–water partition coefficient (Wildman–Crippen LogP) is 12.5. The van der Waals surface area contributed by atoms with Gasteiger partial charge >= 0.3 is 0 Å². The van der Waals surface area contributed by atoms with Gasteiger partial charge in [-0.25, -0.2) is 0 Å². The number of carbonyl (C=O) groups excluding carboxylic acids is 1. The second-order valence-electron chi connectivity index (χ2n) is 15.0. The molecule has 0 radical (unpaired) electrons. The van der Waals surface area contributed by atoms with E-state index < -0.39 is 6.10 Å². The zero-order chi connectivity index (χ0) is 35.0. The summed E-state index contributed by atoms with van der Waals surface area (Å²) in [5, 5.41) is 19.9. The molecule has 0 aromatic heterocycles. The molecule has 0 rings (SSSR count). The van der Waals surface area contributed by atoms with E-state index in [0.29, 0.717) is 13.0 Å². The summed E-state index contributed by atoms with van der Waals surface area (Å²) >= 11 is 0. The van der Waals surface area contributed by atoms with E-state index in [1.807, 2.05) is 0 Å². The van der Waals surface area contributed by atoms with Crippen LogP contribution in [0, 0.1) is 0 Å². The Kier molecular flexibility index (Phi) is 40.2. The van der Waals surface area contributed by atoms with Crippen LogP contribution < -0.4 is 0 Å². The van der Waals surface area contributed by atoms with Crippen LogP contribution in [-0.4, -0.2) is 60.0 Å². The molecule has 0 aliphatic carbocycles. The lowest BCUT2D eigenvalue weighted by molar-refractivity contribution is -0.134. The molecule has 2 N–H and O–H groups in total. The van der Waals surface area contributed by atoms with Crippen LogP contribution in [0.1, 0.15) is 232 Å². The molecule has 0 saturated heterocycles. The molecule has 0 heterocycles. The smallest absolute Gasteiger partial charge is 0.222 e. The van der Waals surface area contributed by atoms with Gasteiger partial charge in [0.05, 0.1) is 19.3 Å². The highest BCUT2D eigenvalue weighted by Gasteiger charge is 2.17. The van der Waals surface area contributed by atoms with Crippen LogP contribution in [0.5, 0.6) is 0 Å². The highest BCUT2D eigenvalue weighted by Crippen LogP contribution is 2.16. The van der Waals surface area contributed by atoms with E-state index in [-0.39, 0.29) is 32.2 Å². The van der Waals surface area contributed by atoms with Crippen molar-refractivity contribution in [1.29, 1.82) is 0 Å². The first-order chi connectivity index (χ1) is 23.7. The van der Waals surface area contributed by atoms with Gasteiger partial charge in [-0.1, -0.05) is 213 Å². The molecular weight excluding hydrogens is 594 g/mol. The Bertz CT molecular complexity index is 616. The fourth-order valence-electron chi connectivity index (χ4n) is 6.88. The molecule has 288 valence electrons. The highest BCUT2D eigenvalue weighted by atomic mass is 16.5. The summed E-state index contributed by atoms with van der Waals surface area (Å²) in [7, 11) is 0. The lowest BCUT2D eigenvalue weighted by atomic mass is 10.0. The first kappa shape index (κ1) is 47.4. The molecule has 0 fully saturated rings. The van der Waals surface area contributed by atoms with E-state index in [4.69, 9.17) is 4.74 Å². The summed E-state index contributed by atoms with van der Waals surface area (Å²) in [6, 6.07) is 0. The maximum atomic E-state index is 12.7. The second-order valence-corrected chi connectivity index (χ2v) is 15.0. The van der Waals surface area contributed by atoms with Crippen molar-refractivity contribution >= 4 is 5.91 Å². The Labute approximate surface area is 301 Å². The average Bonchev–Trinajstić information content (AvgIpc) is 3.08. The fourth-order valence-corrected chi connectivity index (χ4v) is 6.88. The van der Waals surface area contributed by atoms with Crippen molar-refractivity contribution in [3.63, 3.8) is 0 Å². The van der Waals surface area contributed by atoms with Gasteiger partial charge in [0.1, 0.15) is 0 Å². The zero-order valence-electron chi connectivity index (χ0n) is 32.8. The molecule has 0 aromatic rings. The predicted molar refractivity (Wildman–Crippen MR) is 209 cm³/mol. The number of amides is 1. The summed E-state index contributed by atoms with van der Waals surface area (Å²) in [5.41, 5.74) is 0. The molecule has 0 aliphatic rings. The average molecular weight is 682 g/mol. The summed E-state index contributed by atoms with van der Waals surface area (Å²) in [5.74, 6) is 0.0419. The minimum absolute atomic E-state index is 0.0419. The van der Waals surface area contributed by atoms with E-state index in [2.05, 4.69) is 13.8 Å². The number of hydrogen-bond acceptors (Lipinski definition) is 4. The monoisotopic (exact) mass is 682 g/mol. The number of carbonyl (C=O) groups is 1. The van der Waals surface area contributed by atoms with E-state index >= 15 is 0 Å². The van der Waals surface area contributed by atoms with Crippen molar-refractivity contribution in [3.8, 4) is 0 Å². The maximum absolute atomic E-state index is 12.7. The van der Waals surface area contributed by atoms with Crippen molar-refractivity contribution in [3.05, 3.63) is 0 Å². The number of rotatable bonds is 41. The summed E-state index contributed by atoms with van der Waals surface area (Å²) < 4.78 is 5.72. The Morgan fingerprint density at radius 1 is 0.500 bits per heavy atom. The van der Waals surface area contributed by atoms with Crippen LogP contribution in [-0.2, 0) is 9.53 Å². The van der Waals surface area contributed by atoms with E-state index in [9.17, 15) is 15.0 Å². The fraction of sp³-hybridized carbons (Fsp3) is 0.977. The largest absolute Gasteiger partial charge is 0.395 e. The van der Waals surface area contributed by atoms with Crippen LogP contribution in [0.2, 0.25) is 0 Å². The molecule has 1 atom stereocenters. The van der Waals surface area contributed by atoms with Gasteiger partial charge in [0.15, 0.2) is 0 Å². The van der Waals surface area contributed by atoms with Gasteiger partial charge in [0.2, 0.25) is 5.91 Å². The van der Waals surface area contributed by atoms with Gasteiger partial charge in [0.25, 0.3) is 0 Å². The third-order valence-electron chi connectivity index (χ3n) is 10.1. The Hall–Kier alpha value is -0.650. The molecule has 1 unspecified atom stereocenters. The van der Waals surface area contributed by atoms with Gasteiger partial charge in [-0.3, -0.25) is 4.79 Å². The number of aliphatic hydroxyl groups is 2. The minimum Gasteiger partial charge on any atom is -0.395 e. The Morgan fingerprint density at radius 2 is 0.812 bits per heavy atom. The molecule has 0 saturated carbocycles. The summed E-state index contributed by atoms with van der Waals surface area (Å²) in [4.78, 5) is 14.3. The van der Waals surface area contributed by atoms with Gasteiger partial charge in [0, 0.05) is 26.1 Å². The first-order valence-corrected chi connectivity index (χ1v) is 21.8. The van der Waals surface area contributed by atoms with E-state index in [0.717, 1.165) is 19.3 Å². The maximum Gasteiger partial charge on any atom is 0.222 e. The molecule has 5 heteroatoms. The summed E-state index contributed by atoms with van der Waals surface area (Å²) in [6.07, 6.45) is 44.1. The quantitative estimate of drug-likeness (QED) is 0.0630. The van der Waals surface area contributed by atoms with Crippen LogP contribution in [0.3, 0.4) is 0 Å². The molecule has 0 aromatic carbocycles. The molecule has 0 bridgehead atoms. The van der Waals surface area contributed by atoms with Crippen LogP contribution >= 0.6 is 0 Å². The normalized spacial score (nSPS) is 12.2. The lowest BCUT2D eigenvalue weighted by Gasteiger charge is -2.24. The first-order valence-electron chi connectivity index (χ1n) is 21.8. The van der Waals surface area contributed by atoms with Crippen molar-refractivity contribution in [1.82, 2.24) is 4.90 Å². The van der Waals surface area contributed by atoms with Crippen molar-refractivity contribution in [2.24, 2.45) is 0 Å². The number of aliphatic hydroxyl groups excluding tert-OH is 2. The van der Waals surface area contributed by atoms with Gasteiger partial charge in [-0.2, -0.15) is 0 Å². The third-order valence-corrected chi connectivity index (χ3v) is 10.1. The van der Waals surface area contributed by atoms with Crippen LogP contribution in [0.15, 0.2) is 0 Å². The summed E-state index contributed by atoms with van der Waals surface area (Å²) in [6.45, 7) is 5.95. The molecule has 0 spiro atoms. The zero-order valence-corrected chi connectivity index (χ0v) is 32.8. The molecule has 5 nitrogen and oxygen atoms in total. The third kappa shape index (κ3) is 36.6. The topological polar surface area (TPSA) is 70.0 Å². The van der Waals surface area contributed by atoms with Crippen LogP contribution in [0.4, 0.5) is 0 Å². The van der Waals surface area contributed by atoms with E-state index in [1.54, 1.807) is 4.90 Å². The SMILES string of the molecule is CCCCCCCCCCCCCCCCCCCCCCOCC(O)CN(CCO)C(=O)CCCCCCCCCCCCCCC. The Balaban J connectivity index is 3.53. The molecule has 48 heavy (non-hydrogen) atoms. The molecule has 0 aliphatic heterocycles. The van der Waals surface area contributed by atoms with Gasteiger partial charge in [-0.15, -0.1) is 0 Å². The minimum atomic E-state index is -0.697. The number of ether oxygens (including phenoxy) is 1. The van der Waals surface area contributed by atoms with Crippen molar-refractivity contribution in [2.45, 2.75) is 238 Å². The Morgan fingerprint density at radius 3 is 1.15 bits per heavy atom. The van der Waals surface area contributed by atoms with Crippen LogP contribution in [0.25, 0.3) is 0 Å². The number of hydrogen-bond donors (Lipinski definition) is 2. The van der Waals surface area contributed by atoms with Gasteiger partial charge < -0.3 is 19.8 Å².